The lowest BCUT2D eigenvalue weighted by Gasteiger charge is -2.26. The summed E-state index contributed by atoms with van der Waals surface area (Å²) in [5.41, 5.74) is 4.54. The quantitative estimate of drug-likeness (QED) is 0.633. The highest BCUT2D eigenvalue weighted by Gasteiger charge is 2.13. The second kappa shape index (κ2) is 10.3. The molecule has 0 radical (unpaired) electrons. The maximum Gasteiger partial charge on any atom is 0.0236 e. The van der Waals surface area contributed by atoms with Gasteiger partial charge < -0.3 is 4.90 Å². The number of hydrogen-bond donors (Lipinski definition) is 0. The Balaban J connectivity index is 0. The van der Waals surface area contributed by atoms with E-state index in [0.717, 1.165) is 6.54 Å². The van der Waals surface area contributed by atoms with Crippen LogP contribution in [0, 0.1) is 6.92 Å². The lowest BCUT2D eigenvalue weighted by molar-refractivity contribution is 0.312. The Morgan fingerprint density at radius 3 is 2.24 bits per heavy atom. The molecule has 17 heavy (non-hydrogen) atoms. The molecule has 2 rings (SSSR count). The molecule has 0 atom stereocenters. The molecule has 0 spiro atoms. The van der Waals surface area contributed by atoms with E-state index >= 15 is 0 Å². The highest BCUT2D eigenvalue weighted by atomic mass is 15.1. The van der Waals surface area contributed by atoms with Crippen LogP contribution in [-0.2, 0) is 13.0 Å². The van der Waals surface area contributed by atoms with E-state index in [1.165, 1.54) is 18.5 Å². The molecule has 1 nitrogen and oxygen atoms in total. The Hall–Kier alpha value is -0.820. The van der Waals surface area contributed by atoms with Gasteiger partial charge in [0.25, 0.3) is 0 Å². The highest BCUT2D eigenvalue weighted by molar-refractivity contribution is 5.35. The molecule has 1 aromatic rings. The minimum atomic E-state index is 0. The van der Waals surface area contributed by atoms with Crippen molar-refractivity contribution in [3.05, 3.63) is 34.9 Å². The molecule has 0 N–H and O–H groups in total. The zero-order chi connectivity index (χ0) is 12.6. The third-order valence-corrected chi connectivity index (χ3v) is 2.70. The highest BCUT2D eigenvalue weighted by Crippen LogP contribution is 2.20. The standard InChI is InChI=1S/C11H15N.2C2H6.CH4/c1-9-4-3-5-10-6-7-12(2)8-11(9)10;2*1-2;/h3-5H,6-8H2,1-2H3;2*1-2H3;1H4. The average molecular weight is 237 g/mol. The Morgan fingerprint density at radius 2 is 1.65 bits per heavy atom. The van der Waals surface area contributed by atoms with E-state index in [1.807, 2.05) is 27.7 Å². The van der Waals surface area contributed by atoms with Crippen LogP contribution in [0.4, 0.5) is 0 Å². The third-order valence-electron chi connectivity index (χ3n) is 2.70. The Labute approximate surface area is 109 Å². The van der Waals surface area contributed by atoms with Crippen molar-refractivity contribution < 1.29 is 0 Å². The normalized spacial score (nSPS) is 13.1. The van der Waals surface area contributed by atoms with Crippen molar-refractivity contribution in [3.63, 3.8) is 0 Å². The molecule has 1 aliphatic heterocycles. The van der Waals surface area contributed by atoms with Crippen LogP contribution in [0.1, 0.15) is 51.8 Å². The number of nitrogens with zero attached hydrogens (tertiary/aromatic N) is 1. The van der Waals surface area contributed by atoms with E-state index in [1.54, 1.807) is 11.1 Å². The number of aryl methyl sites for hydroxylation is 1. The first-order valence-electron chi connectivity index (χ1n) is 6.53. The van der Waals surface area contributed by atoms with Crippen LogP contribution in [0.3, 0.4) is 0 Å². The molecule has 100 valence electrons. The Kier molecular flexibility index (Phi) is 11.3. The van der Waals surface area contributed by atoms with Crippen molar-refractivity contribution in [2.45, 2.75) is 55.0 Å². The van der Waals surface area contributed by atoms with E-state index in [2.05, 4.69) is 37.1 Å². The van der Waals surface area contributed by atoms with Gasteiger partial charge >= 0.3 is 0 Å². The maximum atomic E-state index is 2.38. The summed E-state index contributed by atoms with van der Waals surface area (Å²) in [5, 5.41) is 0. The molecule has 1 aliphatic rings. The molecule has 0 bridgehead atoms. The fraction of sp³-hybridized carbons (Fsp3) is 0.625. The van der Waals surface area contributed by atoms with E-state index in [-0.39, 0.29) is 7.43 Å². The summed E-state index contributed by atoms with van der Waals surface area (Å²) < 4.78 is 0. The van der Waals surface area contributed by atoms with Crippen LogP contribution in [0.5, 0.6) is 0 Å². The number of likely N-dealkylation sites (N-methyl/N-ethyl adjacent to an activating group) is 1. The van der Waals surface area contributed by atoms with Gasteiger partial charge in [-0.2, -0.15) is 0 Å². The minimum Gasteiger partial charge on any atom is -0.302 e. The van der Waals surface area contributed by atoms with Crippen molar-refractivity contribution in [1.82, 2.24) is 4.90 Å². The van der Waals surface area contributed by atoms with Crippen molar-refractivity contribution in [2.75, 3.05) is 13.6 Å². The molecular weight excluding hydrogens is 206 g/mol. The first kappa shape index (κ1) is 18.5. The zero-order valence-corrected chi connectivity index (χ0v) is 11.8. The van der Waals surface area contributed by atoms with Crippen LogP contribution in [-0.4, -0.2) is 18.5 Å². The summed E-state index contributed by atoms with van der Waals surface area (Å²) in [6.07, 6.45) is 1.22. The zero-order valence-electron chi connectivity index (χ0n) is 11.8. The summed E-state index contributed by atoms with van der Waals surface area (Å²) in [7, 11) is 2.19. The molecule has 0 unspecified atom stereocenters. The lowest BCUT2D eigenvalue weighted by Crippen LogP contribution is -2.27. The van der Waals surface area contributed by atoms with Gasteiger partial charge in [0, 0.05) is 13.1 Å². The molecule has 0 aromatic heterocycles. The summed E-state index contributed by atoms with van der Waals surface area (Å²) >= 11 is 0. The monoisotopic (exact) mass is 237 g/mol. The minimum absolute atomic E-state index is 0. The smallest absolute Gasteiger partial charge is 0.0236 e. The van der Waals surface area contributed by atoms with Crippen LogP contribution in [0.2, 0.25) is 0 Å². The molecule has 0 amide bonds. The van der Waals surface area contributed by atoms with E-state index < -0.39 is 0 Å². The van der Waals surface area contributed by atoms with E-state index in [4.69, 9.17) is 0 Å². The van der Waals surface area contributed by atoms with Crippen molar-refractivity contribution >= 4 is 0 Å². The van der Waals surface area contributed by atoms with Crippen molar-refractivity contribution in [3.8, 4) is 0 Å². The lowest BCUT2D eigenvalue weighted by atomic mass is 9.96. The largest absolute Gasteiger partial charge is 0.302 e. The average Bonchev–Trinajstić information content (AvgIpc) is 2.35. The fourth-order valence-corrected chi connectivity index (χ4v) is 1.88. The van der Waals surface area contributed by atoms with E-state index in [9.17, 15) is 0 Å². The van der Waals surface area contributed by atoms with Gasteiger partial charge in [0.1, 0.15) is 0 Å². The van der Waals surface area contributed by atoms with Gasteiger partial charge in [-0.3, -0.25) is 0 Å². The molecule has 1 heterocycles. The summed E-state index contributed by atoms with van der Waals surface area (Å²) in [6, 6.07) is 6.63. The van der Waals surface area contributed by atoms with Gasteiger partial charge in [-0.1, -0.05) is 53.3 Å². The van der Waals surface area contributed by atoms with Gasteiger partial charge in [-0.05, 0) is 37.1 Å². The Morgan fingerprint density at radius 1 is 1.06 bits per heavy atom. The summed E-state index contributed by atoms with van der Waals surface area (Å²) in [5.74, 6) is 0. The third kappa shape index (κ3) is 5.36. The fourth-order valence-electron chi connectivity index (χ4n) is 1.88. The molecule has 0 saturated heterocycles. The van der Waals surface area contributed by atoms with Gasteiger partial charge in [0.15, 0.2) is 0 Å². The number of hydrogen-bond acceptors (Lipinski definition) is 1. The maximum absolute atomic E-state index is 2.38. The molecule has 1 aromatic carbocycles. The summed E-state index contributed by atoms with van der Waals surface area (Å²) in [4.78, 5) is 2.38. The first-order chi connectivity index (χ1) is 7.77. The van der Waals surface area contributed by atoms with Crippen molar-refractivity contribution in [1.29, 1.82) is 0 Å². The molecule has 0 fully saturated rings. The molecule has 0 saturated carbocycles. The first-order valence-corrected chi connectivity index (χ1v) is 6.53. The SMILES string of the molecule is C.CC.CC.Cc1cccc2c1CN(C)CC2. The van der Waals surface area contributed by atoms with Gasteiger partial charge in [-0.15, -0.1) is 0 Å². The van der Waals surface area contributed by atoms with Crippen LogP contribution >= 0.6 is 0 Å². The molecular formula is C16H31N. The van der Waals surface area contributed by atoms with Crippen LogP contribution in [0.25, 0.3) is 0 Å². The topological polar surface area (TPSA) is 3.24 Å². The molecule has 0 aliphatic carbocycles. The van der Waals surface area contributed by atoms with Gasteiger partial charge in [0.05, 0.1) is 0 Å². The number of benzene rings is 1. The Bertz CT molecular complexity index is 292. The second-order valence-corrected chi connectivity index (χ2v) is 3.70. The second-order valence-electron chi connectivity index (χ2n) is 3.70. The predicted molar refractivity (Wildman–Crippen MR) is 80.6 cm³/mol. The molecule has 1 heteroatoms. The van der Waals surface area contributed by atoms with Crippen LogP contribution in [0.15, 0.2) is 18.2 Å². The predicted octanol–water partition coefficient (Wildman–Crippen LogP) is 4.67. The van der Waals surface area contributed by atoms with Gasteiger partial charge in [0.2, 0.25) is 0 Å². The van der Waals surface area contributed by atoms with Crippen LogP contribution < -0.4 is 0 Å². The summed E-state index contributed by atoms with van der Waals surface area (Å²) in [6.45, 7) is 12.5. The van der Waals surface area contributed by atoms with Crippen molar-refractivity contribution in [2.24, 2.45) is 0 Å². The number of rotatable bonds is 0. The number of fused-ring (bicyclic) bond motifs is 1. The van der Waals surface area contributed by atoms with Gasteiger partial charge in [-0.25, -0.2) is 0 Å². The van der Waals surface area contributed by atoms with E-state index in [0.29, 0.717) is 0 Å².